The predicted octanol–water partition coefficient (Wildman–Crippen LogP) is 3.73. The fourth-order valence-electron chi connectivity index (χ4n) is 1.61. The molecule has 4 heteroatoms. The number of aromatic nitrogens is 1. The van der Waals surface area contributed by atoms with E-state index < -0.39 is 0 Å². The zero-order chi connectivity index (χ0) is 13.2. The predicted molar refractivity (Wildman–Crippen MR) is 81.5 cm³/mol. The Labute approximate surface area is 116 Å². The van der Waals surface area contributed by atoms with Gasteiger partial charge in [-0.3, -0.25) is 0 Å². The molecule has 0 saturated heterocycles. The molecule has 0 aliphatic carbocycles. The van der Waals surface area contributed by atoms with Crippen LogP contribution in [0, 0.1) is 0 Å². The molecule has 0 aliphatic rings. The molecule has 1 heterocycles. The number of para-hydroxylation sites is 1. The van der Waals surface area contributed by atoms with E-state index in [4.69, 9.17) is 0 Å². The van der Waals surface area contributed by atoms with E-state index in [1.807, 2.05) is 18.2 Å². The number of hydrogen-bond acceptors (Lipinski definition) is 4. The molecule has 1 unspecified atom stereocenters. The third-order valence-corrected chi connectivity index (χ3v) is 4.93. The highest BCUT2D eigenvalue weighted by atomic mass is 32.2. The molecule has 0 aliphatic heterocycles. The van der Waals surface area contributed by atoms with E-state index in [1.165, 1.54) is 4.70 Å². The first-order valence-electron chi connectivity index (χ1n) is 6.10. The van der Waals surface area contributed by atoms with Gasteiger partial charge in [0.25, 0.3) is 0 Å². The Kier molecular flexibility index (Phi) is 4.30. The highest BCUT2D eigenvalue weighted by Gasteiger charge is 2.15. The van der Waals surface area contributed by atoms with Gasteiger partial charge in [-0.15, -0.1) is 11.3 Å². The minimum atomic E-state index is -0.310. The molecule has 0 bridgehead atoms. The minimum Gasteiger partial charge on any atom is -0.392 e. The van der Waals surface area contributed by atoms with Gasteiger partial charge in [0.05, 0.1) is 21.3 Å². The second-order valence-corrected chi connectivity index (χ2v) is 8.32. The van der Waals surface area contributed by atoms with Crippen LogP contribution in [-0.2, 0) is 6.42 Å². The molecular weight excluding hydrogens is 262 g/mol. The second-order valence-electron chi connectivity index (χ2n) is 5.36. The van der Waals surface area contributed by atoms with Gasteiger partial charge in [-0.1, -0.05) is 32.9 Å². The van der Waals surface area contributed by atoms with Gasteiger partial charge in [-0.25, -0.2) is 4.98 Å². The summed E-state index contributed by atoms with van der Waals surface area (Å²) in [6.45, 7) is 6.51. The third-order valence-electron chi connectivity index (χ3n) is 2.46. The Bertz CT molecular complexity index is 483. The van der Waals surface area contributed by atoms with Crippen molar-refractivity contribution in [3.63, 3.8) is 0 Å². The normalized spacial score (nSPS) is 14.0. The Balaban J connectivity index is 1.96. The third kappa shape index (κ3) is 3.97. The summed E-state index contributed by atoms with van der Waals surface area (Å²) in [5, 5.41) is 11.1. The molecule has 98 valence electrons. The summed E-state index contributed by atoms with van der Waals surface area (Å²) in [5.74, 6) is 0.763. The minimum absolute atomic E-state index is 0.203. The van der Waals surface area contributed by atoms with E-state index in [1.54, 1.807) is 23.1 Å². The van der Waals surface area contributed by atoms with Crippen LogP contribution in [-0.4, -0.2) is 26.7 Å². The van der Waals surface area contributed by atoms with E-state index in [-0.39, 0.29) is 10.9 Å². The van der Waals surface area contributed by atoms with Gasteiger partial charge in [-0.2, -0.15) is 11.8 Å². The van der Waals surface area contributed by atoms with Crippen molar-refractivity contribution >= 4 is 33.3 Å². The number of hydrogen-bond donors (Lipinski definition) is 1. The van der Waals surface area contributed by atoms with Gasteiger partial charge in [0.15, 0.2) is 0 Å². The van der Waals surface area contributed by atoms with Crippen LogP contribution in [0.25, 0.3) is 10.2 Å². The quantitative estimate of drug-likeness (QED) is 0.927. The van der Waals surface area contributed by atoms with Crippen molar-refractivity contribution in [1.29, 1.82) is 0 Å². The summed E-state index contributed by atoms with van der Waals surface area (Å²) in [5.41, 5.74) is 1.04. The lowest BCUT2D eigenvalue weighted by Gasteiger charge is -2.19. The monoisotopic (exact) mass is 281 g/mol. The van der Waals surface area contributed by atoms with Gasteiger partial charge in [0.1, 0.15) is 0 Å². The number of aliphatic hydroxyl groups excluding tert-OH is 1. The topological polar surface area (TPSA) is 33.1 Å². The van der Waals surface area contributed by atoms with Crippen LogP contribution in [0.4, 0.5) is 0 Å². The average Bonchev–Trinajstić information content (AvgIpc) is 2.67. The number of nitrogens with zero attached hydrogens (tertiary/aromatic N) is 1. The van der Waals surface area contributed by atoms with E-state index in [0.717, 1.165) is 16.3 Å². The molecule has 2 rings (SSSR count). The molecule has 2 aromatic rings. The van der Waals surface area contributed by atoms with Gasteiger partial charge in [-0.05, 0) is 12.1 Å². The average molecular weight is 281 g/mol. The smallest absolute Gasteiger partial charge is 0.0964 e. The van der Waals surface area contributed by atoms with Gasteiger partial charge in [0.2, 0.25) is 0 Å². The van der Waals surface area contributed by atoms with Gasteiger partial charge >= 0.3 is 0 Å². The zero-order valence-electron chi connectivity index (χ0n) is 11.0. The molecule has 0 saturated carbocycles. The number of thioether (sulfide) groups is 1. The van der Waals surface area contributed by atoms with Crippen molar-refractivity contribution in [3.05, 3.63) is 29.3 Å². The highest BCUT2D eigenvalue weighted by molar-refractivity contribution is 8.00. The lowest BCUT2D eigenvalue weighted by molar-refractivity contribution is 0.200. The number of rotatable bonds is 4. The zero-order valence-corrected chi connectivity index (χ0v) is 12.6. The number of fused-ring (bicyclic) bond motifs is 1. The van der Waals surface area contributed by atoms with Crippen molar-refractivity contribution in [2.75, 3.05) is 5.75 Å². The van der Waals surface area contributed by atoms with Crippen LogP contribution < -0.4 is 0 Å². The van der Waals surface area contributed by atoms with E-state index >= 15 is 0 Å². The Morgan fingerprint density at radius 1 is 1.33 bits per heavy atom. The first-order chi connectivity index (χ1) is 8.44. The molecule has 1 N–H and O–H groups in total. The summed E-state index contributed by atoms with van der Waals surface area (Å²) >= 11 is 3.47. The molecule has 1 atom stereocenters. The van der Waals surface area contributed by atoms with Crippen LogP contribution in [0.15, 0.2) is 24.3 Å². The van der Waals surface area contributed by atoms with Crippen molar-refractivity contribution in [1.82, 2.24) is 4.98 Å². The second kappa shape index (κ2) is 5.59. The molecule has 18 heavy (non-hydrogen) atoms. The van der Waals surface area contributed by atoms with Crippen molar-refractivity contribution in [2.45, 2.75) is 38.0 Å². The molecule has 0 amide bonds. The fourth-order valence-corrected chi connectivity index (χ4v) is 3.46. The van der Waals surface area contributed by atoms with E-state index in [9.17, 15) is 5.11 Å². The first kappa shape index (κ1) is 13.8. The van der Waals surface area contributed by atoms with Crippen molar-refractivity contribution in [2.24, 2.45) is 0 Å². The lowest BCUT2D eigenvalue weighted by Crippen LogP contribution is -2.18. The summed E-state index contributed by atoms with van der Waals surface area (Å²) in [6.07, 6.45) is 0.345. The Morgan fingerprint density at radius 2 is 2.06 bits per heavy atom. The van der Waals surface area contributed by atoms with Crippen LogP contribution in [0.3, 0.4) is 0 Å². The maximum absolute atomic E-state index is 10.0. The standard InChI is InChI=1S/C14H19NOS2/c1-14(2,3)17-9-10(16)8-13-15-11-6-4-5-7-12(11)18-13/h4-7,10,16H,8-9H2,1-3H3. The summed E-state index contributed by atoms with van der Waals surface area (Å²) in [4.78, 5) is 4.55. The van der Waals surface area contributed by atoms with Crippen LogP contribution in [0.1, 0.15) is 25.8 Å². The van der Waals surface area contributed by atoms with Gasteiger partial charge in [0, 0.05) is 16.9 Å². The SMILES string of the molecule is CC(C)(C)SCC(O)Cc1nc2ccccc2s1. The number of benzene rings is 1. The maximum Gasteiger partial charge on any atom is 0.0964 e. The largest absolute Gasteiger partial charge is 0.392 e. The molecule has 0 radical (unpaired) electrons. The van der Waals surface area contributed by atoms with E-state index in [0.29, 0.717) is 6.42 Å². The summed E-state index contributed by atoms with van der Waals surface area (Å²) < 4.78 is 1.40. The number of thiazole rings is 1. The first-order valence-corrected chi connectivity index (χ1v) is 7.91. The van der Waals surface area contributed by atoms with Crippen LogP contribution >= 0.6 is 23.1 Å². The molecular formula is C14H19NOS2. The molecule has 1 aromatic carbocycles. The Morgan fingerprint density at radius 3 is 2.72 bits per heavy atom. The van der Waals surface area contributed by atoms with Crippen LogP contribution in [0.5, 0.6) is 0 Å². The lowest BCUT2D eigenvalue weighted by atomic mass is 10.3. The molecule has 2 nitrogen and oxygen atoms in total. The van der Waals surface area contributed by atoms with Crippen molar-refractivity contribution in [3.8, 4) is 0 Å². The summed E-state index contributed by atoms with van der Waals surface area (Å²) in [7, 11) is 0. The fraction of sp³-hybridized carbons (Fsp3) is 0.500. The molecule has 1 aromatic heterocycles. The van der Waals surface area contributed by atoms with E-state index in [2.05, 4.69) is 31.8 Å². The van der Waals surface area contributed by atoms with Crippen molar-refractivity contribution < 1.29 is 5.11 Å². The molecule has 0 spiro atoms. The van der Waals surface area contributed by atoms with Crippen LogP contribution in [0.2, 0.25) is 0 Å². The number of aliphatic hydroxyl groups is 1. The highest BCUT2D eigenvalue weighted by Crippen LogP contribution is 2.26. The Hall–Kier alpha value is -0.580. The van der Waals surface area contributed by atoms with Gasteiger partial charge < -0.3 is 5.11 Å². The summed E-state index contributed by atoms with van der Waals surface area (Å²) in [6, 6.07) is 8.12. The maximum atomic E-state index is 10.0. The molecule has 0 fully saturated rings.